The predicted octanol–water partition coefficient (Wildman–Crippen LogP) is 4.15. The standard InChI is InChI=1S/C47H47NO14/c1-25-31(60-43(56)36(52)35(28-16-10-7-11-17-28)48-41(54)29-18-12-8-13-19-29)23-47(57)40(61-42(55)30-20-14-9-15-21-30)38-45(6,32(51)22-33-46(38,24-58-33)62-27(3)50)39(53)37(59-26(2)49)34(25)44(47,4)5/h7-21,31,33,35,37-38,40,57H,22-24H2,1-6H3,(H,48,54)/t31-,33+,35-,37+,38-,40-,45+,46-,47+/m0/s1. The largest absolute Gasteiger partial charge is 0.455 e. The molecule has 7 rings (SSSR count). The Bertz CT molecular complexity index is 2380. The van der Waals surface area contributed by atoms with E-state index < -0.39 is 118 Å². The Morgan fingerprint density at radius 3 is 1.92 bits per heavy atom. The molecule has 3 aliphatic carbocycles. The van der Waals surface area contributed by atoms with Crippen LogP contribution < -0.4 is 5.32 Å². The molecule has 0 unspecified atom stereocenters. The molecule has 0 spiro atoms. The number of fused-ring (bicyclic) bond motifs is 5. The summed E-state index contributed by atoms with van der Waals surface area (Å²) in [4.78, 5) is 112. The van der Waals surface area contributed by atoms with Crippen molar-refractivity contribution in [3.63, 3.8) is 0 Å². The fourth-order valence-electron chi connectivity index (χ4n) is 9.87. The van der Waals surface area contributed by atoms with Crippen LogP contribution in [0.3, 0.4) is 0 Å². The molecule has 15 nitrogen and oxygen atoms in total. The molecule has 2 saturated carbocycles. The van der Waals surface area contributed by atoms with Gasteiger partial charge in [-0.3, -0.25) is 28.8 Å². The monoisotopic (exact) mass is 849 g/mol. The van der Waals surface area contributed by atoms with Crippen molar-refractivity contribution in [1.82, 2.24) is 5.32 Å². The van der Waals surface area contributed by atoms with Crippen molar-refractivity contribution in [1.29, 1.82) is 0 Å². The number of hydrogen-bond donors (Lipinski definition) is 2. The molecule has 1 heterocycles. The first-order valence-corrected chi connectivity index (χ1v) is 20.2. The fraction of sp³-hybridized carbons (Fsp3) is 0.404. The number of rotatable bonds is 10. The Morgan fingerprint density at radius 2 is 1.37 bits per heavy atom. The van der Waals surface area contributed by atoms with E-state index in [1.165, 1.54) is 64.1 Å². The topological polar surface area (TPSA) is 215 Å². The highest BCUT2D eigenvalue weighted by molar-refractivity contribution is 6.36. The summed E-state index contributed by atoms with van der Waals surface area (Å²) in [6.07, 6.45) is -7.54. The molecule has 2 N–H and O–H groups in total. The minimum atomic E-state index is -2.46. The summed E-state index contributed by atoms with van der Waals surface area (Å²) in [7, 11) is 0. The van der Waals surface area contributed by atoms with Crippen LogP contribution in [0.15, 0.2) is 102 Å². The molecule has 2 bridgehead atoms. The minimum absolute atomic E-state index is 0.0349. The Labute approximate surface area is 357 Å². The van der Waals surface area contributed by atoms with Crippen LogP contribution in [0.4, 0.5) is 0 Å². The second-order valence-electron chi connectivity index (χ2n) is 17.0. The lowest BCUT2D eigenvalue weighted by Gasteiger charge is -2.65. The zero-order valence-corrected chi connectivity index (χ0v) is 35.0. The van der Waals surface area contributed by atoms with Crippen LogP contribution in [0.2, 0.25) is 0 Å². The molecule has 324 valence electrons. The van der Waals surface area contributed by atoms with Gasteiger partial charge in [0.1, 0.15) is 35.7 Å². The summed E-state index contributed by atoms with van der Waals surface area (Å²) < 4.78 is 29.9. The Balaban J connectivity index is 1.39. The lowest BCUT2D eigenvalue weighted by atomic mass is 9.45. The second kappa shape index (κ2) is 16.2. The van der Waals surface area contributed by atoms with Gasteiger partial charge in [-0.15, -0.1) is 0 Å². The van der Waals surface area contributed by atoms with Gasteiger partial charge in [-0.05, 0) is 54.8 Å². The van der Waals surface area contributed by atoms with Crippen LogP contribution in [-0.2, 0) is 52.5 Å². The van der Waals surface area contributed by atoms with Gasteiger partial charge in [0.15, 0.2) is 17.5 Å². The van der Waals surface area contributed by atoms with Gasteiger partial charge >= 0.3 is 23.9 Å². The van der Waals surface area contributed by atoms with E-state index in [4.69, 9.17) is 23.7 Å². The van der Waals surface area contributed by atoms with E-state index >= 15 is 4.79 Å². The summed E-state index contributed by atoms with van der Waals surface area (Å²) in [6.45, 7) is 7.61. The molecular formula is C47H47NO14. The molecular weight excluding hydrogens is 803 g/mol. The third kappa shape index (κ3) is 7.12. The number of benzene rings is 3. The van der Waals surface area contributed by atoms with Crippen LogP contribution in [0.5, 0.6) is 0 Å². The first kappa shape index (κ1) is 43.8. The number of nitrogens with one attached hydrogen (secondary N) is 1. The van der Waals surface area contributed by atoms with E-state index in [-0.39, 0.29) is 34.4 Å². The Hall–Kier alpha value is -6.32. The van der Waals surface area contributed by atoms with Crippen LogP contribution in [0.1, 0.15) is 86.7 Å². The average Bonchev–Trinajstić information content (AvgIpc) is 3.24. The molecule has 4 aliphatic rings. The maximum atomic E-state index is 15.4. The number of ether oxygens (including phenoxy) is 5. The van der Waals surface area contributed by atoms with Crippen molar-refractivity contribution in [3.05, 3.63) is 119 Å². The second-order valence-corrected chi connectivity index (χ2v) is 17.0. The van der Waals surface area contributed by atoms with Gasteiger partial charge in [-0.1, -0.05) is 80.6 Å². The number of carbonyl (C=O) groups is 8. The van der Waals surface area contributed by atoms with Crippen molar-refractivity contribution in [3.8, 4) is 0 Å². The highest BCUT2D eigenvalue weighted by Gasteiger charge is 2.78. The number of amides is 1. The van der Waals surface area contributed by atoms with Crippen LogP contribution in [0, 0.1) is 16.7 Å². The lowest BCUT2D eigenvalue weighted by Crippen LogP contribution is -2.81. The molecule has 15 heteroatoms. The predicted molar refractivity (Wildman–Crippen MR) is 216 cm³/mol. The summed E-state index contributed by atoms with van der Waals surface area (Å²) in [5.74, 6) is -9.38. The van der Waals surface area contributed by atoms with Gasteiger partial charge in [0.25, 0.3) is 11.7 Å². The van der Waals surface area contributed by atoms with E-state index in [1.807, 2.05) is 0 Å². The van der Waals surface area contributed by atoms with Crippen molar-refractivity contribution in [2.75, 3.05) is 6.61 Å². The zero-order chi connectivity index (χ0) is 44.9. The SMILES string of the molecule is CC(=O)O[C@H]1C(=O)[C@]2(C)C(=O)C[C@H]3OC[C@@]3(OC(C)=O)[C@H]2[C@H](OC(=O)c2ccccc2)[C@]2(O)C[C@H](OC(=O)C(=O)[C@@H](NC(=O)c3ccccc3)c3ccccc3)C(C)=C1C2(C)C. The zero-order valence-electron chi connectivity index (χ0n) is 35.0. The molecule has 0 aromatic heterocycles. The molecule has 3 fully saturated rings. The van der Waals surface area contributed by atoms with Crippen molar-refractivity contribution in [2.45, 2.75) is 96.0 Å². The number of hydrogen-bond acceptors (Lipinski definition) is 14. The van der Waals surface area contributed by atoms with E-state index in [9.17, 15) is 38.7 Å². The number of ketones is 3. The maximum absolute atomic E-state index is 15.4. The maximum Gasteiger partial charge on any atom is 0.377 e. The molecule has 1 saturated heterocycles. The molecule has 9 atom stereocenters. The normalized spacial score (nSPS) is 30.1. The van der Waals surface area contributed by atoms with E-state index in [1.54, 1.807) is 54.6 Å². The third-order valence-corrected chi connectivity index (χ3v) is 13.1. The number of esters is 4. The molecule has 3 aromatic carbocycles. The van der Waals surface area contributed by atoms with E-state index in [0.717, 1.165) is 13.8 Å². The summed E-state index contributed by atoms with van der Waals surface area (Å²) in [5.41, 5.74) is -7.76. The van der Waals surface area contributed by atoms with Gasteiger partial charge in [-0.25, -0.2) is 9.59 Å². The van der Waals surface area contributed by atoms with E-state index in [2.05, 4.69) is 5.32 Å². The van der Waals surface area contributed by atoms with Crippen LogP contribution >= 0.6 is 0 Å². The van der Waals surface area contributed by atoms with Gasteiger partial charge in [-0.2, -0.15) is 0 Å². The summed E-state index contributed by atoms with van der Waals surface area (Å²) in [5, 5.41) is 16.2. The van der Waals surface area contributed by atoms with E-state index in [0.29, 0.717) is 0 Å². The van der Waals surface area contributed by atoms with Crippen molar-refractivity contribution in [2.24, 2.45) is 16.7 Å². The average molecular weight is 850 g/mol. The lowest BCUT2D eigenvalue weighted by molar-refractivity contribution is -0.322. The van der Waals surface area contributed by atoms with Gasteiger partial charge in [0.05, 0.1) is 23.5 Å². The minimum Gasteiger partial charge on any atom is -0.455 e. The number of carbonyl (C=O) groups excluding carboxylic acids is 8. The van der Waals surface area contributed by atoms with Gasteiger partial charge < -0.3 is 34.1 Å². The summed E-state index contributed by atoms with van der Waals surface area (Å²) in [6, 6.07) is 22.2. The third-order valence-electron chi connectivity index (χ3n) is 13.1. The van der Waals surface area contributed by atoms with Crippen molar-refractivity contribution >= 4 is 47.1 Å². The Morgan fingerprint density at radius 1 is 0.790 bits per heavy atom. The number of aliphatic hydroxyl groups is 1. The molecule has 62 heavy (non-hydrogen) atoms. The highest BCUT2D eigenvalue weighted by atomic mass is 16.6. The number of Topliss-reactive ketones (excluding diaryl/α,β-unsaturated/α-hetero) is 3. The Kier molecular flexibility index (Phi) is 11.4. The highest BCUT2D eigenvalue weighted by Crippen LogP contribution is 2.63. The van der Waals surface area contributed by atoms with Crippen LogP contribution in [0.25, 0.3) is 0 Å². The van der Waals surface area contributed by atoms with Gasteiger partial charge in [0.2, 0.25) is 0 Å². The van der Waals surface area contributed by atoms with Crippen LogP contribution in [-0.4, -0.2) is 94.5 Å². The smallest absolute Gasteiger partial charge is 0.377 e. The first-order chi connectivity index (χ1) is 29.3. The summed E-state index contributed by atoms with van der Waals surface area (Å²) >= 11 is 0. The first-order valence-electron chi connectivity index (χ1n) is 20.2. The molecule has 1 amide bonds. The molecule has 0 radical (unpaired) electrons. The quantitative estimate of drug-likeness (QED) is 0.0965. The molecule has 3 aromatic rings. The fourth-order valence-corrected chi connectivity index (χ4v) is 9.87. The van der Waals surface area contributed by atoms with Gasteiger partial charge in [0, 0.05) is 37.7 Å². The molecule has 1 aliphatic heterocycles. The van der Waals surface area contributed by atoms with Crippen molar-refractivity contribution < 1.29 is 67.1 Å².